The molecule has 1 amide bonds. The number of anilines is 1. The summed E-state index contributed by atoms with van der Waals surface area (Å²) in [6.07, 6.45) is 4.68. The van der Waals surface area contributed by atoms with E-state index >= 15 is 0 Å². The van der Waals surface area contributed by atoms with E-state index in [0.29, 0.717) is 17.9 Å². The third-order valence-corrected chi connectivity index (χ3v) is 4.48. The number of amides is 1. The number of halogens is 1. The van der Waals surface area contributed by atoms with Gasteiger partial charge < -0.3 is 10.1 Å². The number of aromatic nitrogens is 2. The summed E-state index contributed by atoms with van der Waals surface area (Å²) in [6, 6.07) is 21.7. The van der Waals surface area contributed by atoms with Crippen LogP contribution in [-0.4, -0.2) is 15.9 Å². The van der Waals surface area contributed by atoms with Crippen molar-refractivity contribution in [1.29, 1.82) is 0 Å². The van der Waals surface area contributed by atoms with Crippen LogP contribution in [0.2, 0.25) is 0 Å². The molecule has 4 rings (SSSR count). The molecule has 4 aromatic rings. The number of nitrogens with zero attached hydrogens (tertiary/aromatic N) is 2. The number of pyridine rings is 2. The van der Waals surface area contributed by atoms with Gasteiger partial charge in [-0.05, 0) is 53.1 Å². The van der Waals surface area contributed by atoms with E-state index in [0.717, 1.165) is 16.7 Å². The Hall–Kier alpha value is -4.06. The molecule has 0 atom stereocenters. The summed E-state index contributed by atoms with van der Waals surface area (Å²) in [5.41, 5.74) is 3.00. The quantitative estimate of drug-likeness (QED) is 0.458. The number of carbonyl (C=O) groups is 1. The number of hydrogen-bond donors (Lipinski definition) is 1. The van der Waals surface area contributed by atoms with Gasteiger partial charge in [0.15, 0.2) is 0 Å². The maximum absolute atomic E-state index is 13.9. The Morgan fingerprint density at radius 1 is 0.900 bits per heavy atom. The van der Waals surface area contributed by atoms with Gasteiger partial charge in [-0.1, -0.05) is 36.4 Å². The van der Waals surface area contributed by atoms with Crippen LogP contribution in [0.1, 0.15) is 15.9 Å². The van der Waals surface area contributed by atoms with Crippen molar-refractivity contribution < 1.29 is 13.9 Å². The minimum Gasteiger partial charge on any atom is -0.488 e. The summed E-state index contributed by atoms with van der Waals surface area (Å²) in [6.45, 7) is 0.303. The Morgan fingerprint density at radius 2 is 1.70 bits per heavy atom. The maximum atomic E-state index is 13.9. The first-order valence-electron chi connectivity index (χ1n) is 9.34. The monoisotopic (exact) mass is 399 g/mol. The highest BCUT2D eigenvalue weighted by Gasteiger charge is 2.17. The van der Waals surface area contributed by atoms with Crippen molar-refractivity contribution in [3.63, 3.8) is 0 Å². The second-order valence-electron chi connectivity index (χ2n) is 6.52. The van der Waals surface area contributed by atoms with Crippen LogP contribution in [0.3, 0.4) is 0 Å². The van der Waals surface area contributed by atoms with Gasteiger partial charge >= 0.3 is 0 Å². The smallest absolute Gasteiger partial charge is 0.259 e. The van der Waals surface area contributed by atoms with Crippen molar-refractivity contribution in [1.82, 2.24) is 9.97 Å². The summed E-state index contributed by atoms with van der Waals surface area (Å²) >= 11 is 0. The minimum atomic E-state index is -0.747. The molecule has 0 aliphatic heterocycles. The lowest BCUT2D eigenvalue weighted by Gasteiger charge is -2.14. The van der Waals surface area contributed by atoms with E-state index in [-0.39, 0.29) is 5.69 Å². The van der Waals surface area contributed by atoms with Crippen LogP contribution in [0.4, 0.5) is 10.1 Å². The molecule has 2 heterocycles. The van der Waals surface area contributed by atoms with Gasteiger partial charge in [0.25, 0.3) is 5.91 Å². The van der Waals surface area contributed by atoms with E-state index in [2.05, 4.69) is 15.3 Å². The van der Waals surface area contributed by atoms with E-state index in [1.807, 2.05) is 48.5 Å². The predicted molar refractivity (Wildman–Crippen MR) is 113 cm³/mol. The fourth-order valence-corrected chi connectivity index (χ4v) is 2.96. The van der Waals surface area contributed by atoms with Gasteiger partial charge in [-0.15, -0.1) is 0 Å². The molecule has 2 aromatic heterocycles. The minimum absolute atomic E-state index is 0.00539. The molecule has 5 nitrogen and oxygen atoms in total. The molecule has 0 saturated carbocycles. The third kappa shape index (κ3) is 4.50. The Bertz CT molecular complexity index is 1150. The van der Waals surface area contributed by atoms with E-state index < -0.39 is 11.9 Å². The van der Waals surface area contributed by atoms with Gasteiger partial charge in [0, 0.05) is 18.6 Å². The van der Waals surface area contributed by atoms with Crippen molar-refractivity contribution in [3.05, 3.63) is 108 Å². The molecule has 30 heavy (non-hydrogen) atoms. The highest BCUT2D eigenvalue weighted by Crippen LogP contribution is 2.28. The molecule has 148 valence electrons. The molecule has 2 aromatic carbocycles. The fraction of sp³-hybridized carbons (Fsp3) is 0.0417. The van der Waals surface area contributed by atoms with E-state index in [1.165, 1.54) is 12.3 Å². The zero-order chi connectivity index (χ0) is 20.8. The summed E-state index contributed by atoms with van der Waals surface area (Å²) < 4.78 is 19.8. The Balaban J connectivity index is 1.66. The van der Waals surface area contributed by atoms with Crippen molar-refractivity contribution in [2.45, 2.75) is 6.61 Å². The number of rotatable bonds is 6. The van der Waals surface area contributed by atoms with E-state index in [4.69, 9.17) is 4.74 Å². The zero-order valence-corrected chi connectivity index (χ0v) is 16.0. The highest BCUT2D eigenvalue weighted by atomic mass is 19.1. The summed E-state index contributed by atoms with van der Waals surface area (Å²) in [4.78, 5) is 20.6. The Labute approximate surface area is 173 Å². The van der Waals surface area contributed by atoms with Crippen LogP contribution in [0, 0.1) is 5.95 Å². The lowest BCUT2D eigenvalue weighted by Crippen LogP contribution is -2.15. The molecule has 0 aliphatic carbocycles. The van der Waals surface area contributed by atoms with Crippen LogP contribution in [0.25, 0.3) is 11.1 Å². The fourth-order valence-electron chi connectivity index (χ4n) is 2.96. The molecule has 0 radical (unpaired) electrons. The Kier molecular flexibility index (Phi) is 5.75. The van der Waals surface area contributed by atoms with Gasteiger partial charge in [-0.2, -0.15) is 4.39 Å². The summed E-state index contributed by atoms with van der Waals surface area (Å²) in [5.74, 6) is -0.831. The summed E-state index contributed by atoms with van der Waals surface area (Å²) in [7, 11) is 0. The number of nitrogens with one attached hydrogen (secondary N) is 1. The molecule has 0 saturated heterocycles. The van der Waals surface area contributed by atoms with Crippen molar-refractivity contribution in [2.75, 3.05) is 5.32 Å². The van der Waals surface area contributed by atoms with Gasteiger partial charge in [0.2, 0.25) is 5.95 Å². The maximum Gasteiger partial charge on any atom is 0.259 e. The molecular formula is C24H18FN3O2. The topological polar surface area (TPSA) is 64.1 Å². The first-order chi connectivity index (χ1) is 14.7. The van der Waals surface area contributed by atoms with Crippen molar-refractivity contribution in [2.24, 2.45) is 0 Å². The van der Waals surface area contributed by atoms with Crippen LogP contribution in [0.5, 0.6) is 5.75 Å². The van der Waals surface area contributed by atoms with E-state index in [9.17, 15) is 9.18 Å². The van der Waals surface area contributed by atoms with Gasteiger partial charge in [-0.25, -0.2) is 4.98 Å². The van der Waals surface area contributed by atoms with Gasteiger partial charge in [-0.3, -0.25) is 9.78 Å². The average Bonchev–Trinajstić information content (AvgIpc) is 2.80. The van der Waals surface area contributed by atoms with Crippen LogP contribution >= 0.6 is 0 Å². The Morgan fingerprint density at radius 3 is 2.47 bits per heavy atom. The van der Waals surface area contributed by atoms with Crippen LogP contribution < -0.4 is 10.1 Å². The van der Waals surface area contributed by atoms with Crippen molar-refractivity contribution >= 4 is 11.6 Å². The second kappa shape index (κ2) is 8.96. The van der Waals surface area contributed by atoms with Gasteiger partial charge in [0.05, 0.1) is 11.3 Å². The highest BCUT2D eigenvalue weighted by molar-refractivity contribution is 6.07. The second-order valence-corrected chi connectivity index (χ2v) is 6.52. The third-order valence-electron chi connectivity index (χ3n) is 4.48. The van der Waals surface area contributed by atoms with Crippen LogP contribution in [0.15, 0.2) is 91.4 Å². The normalized spacial score (nSPS) is 10.4. The molecule has 0 aliphatic rings. The molecule has 1 N–H and O–H groups in total. The number of benzene rings is 2. The van der Waals surface area contributed by atoms with Crippen LogP contribution in [-0.2, 0) is 6.61 Å². The zero-order valence-electron chi connectivity index (χ0n) is 16.0. The van der Waals surface area contributed by atoms with E-state index in [1.54, 1.807) is 30.6 Å². The molecule has 6 heteroatoms. The molecule has 0 bridgehead atoms. The first-order valence-corrected chi connectivity index (χ1v) is 9.34. The lowest BCUT2D eigenvalue weighted by molar-refractivity contribution is 0.102. The van der Waals surface area contributed by atoms with Crippen molar-refractivity contribution in [3.8, 4) is 16.9 Å². The largest absolute Gasteiger partial charge is 0.488 e. The molecule has 0 spiro atoms. The molecular weight excluding hydrogens is 381 g/mol. The van der Waals surface area contributed by atoms with Gasteiger partial charge in [0.1, 0.15) is 12.4 Å². The predicted octanol–water partition coefficient (Wildman–Crippen LogP) is 5.11. The standard InChI is InChI=1S/C24H18FN3O2/c25-23-21(7-4-12-27-23)28-24(29)20-15-19(18-10-13-26-14-11-18)8-9-22(20)30-16-17-5-2-1-3-6-17/h1-15H,16H2,(H,28,29). The first kappa shape index (κ1) is 19.3. The number of ether oxygens (including phenoxy) is 1. The average molecular weight is 399 g/mol. The number of carbonyl (C=O) groups excluding carboxylic acids is 1. The number of hydrogen-bond acceptors (Lipinski definition) is 4. The molecule has 0 unspecified atom stereocenters. The SMILES string of the molecule is O=C(Nc1cccnc1F)c1cc(-c2ccncc2)ccc1OCc1ccccc1. The lowest BCUT2D eigenvalue weighted by atomic mass is 10.0. The molecule has 0 fully saturated rings. The summed E-state index contributed by atoms with van der Waals surface area (Å²) in [5, 5.41) is 2.57.